The molecule has 4 nitrogen and oxygen atoms in total. The number of halogens is 1. The molecular formula is C34H33FN2O2. The Morgan fingerprint density at radius 2 is 1.69 bits per heavy atom. The number of benzene rings is 4. The number of ether oxygens (including phenoxy) is 1. The van der Waals surface area contributed by atoms with Gasteiger partial charge in [-0.1, -0.05) is 60.7 Å². The van der Waals surface area contributed by atoms with Crippen molar-refractivity contribution in [3.8, 4) is 5.75 Å². The molecule has 1 unspecified atom stereocenters. The number of rotatable bonds is 8. The first-order valence-corrected chi connectivity index (χ1v) is 13.3. The predicted octanol–water partition coefficient (Wildman–Crippen LogP) is 6.85. The molecule has 0 aliphatic carbocycles. The van der Waals surface area contributed by atoms with E-state index in [2.05, 4.69) is 47.4 Å². The smallest absolute Gasteiger partial charge is 0.246 e. The van der Waals surface area contributed by atoms with E-state index in [1.54, 1.807) is 25.1 Å². The molecular weight excluding hydrogens is 487 g/mol. The third-order valence-electron chi connectivity index (χ3n) is 7.15. The highest BCUT2D eigenvalue weighted by atomic mass is 19.1. The Balaban J connectivity index is 1.39. The molecule has 0 saturated heterocycles. The quantitative estimate of drug-likeness (QED) is 0.238. The van der Waals surface area contributed by atoms with Gasteiger partial charge in [0.05, 0.1) is 6.04 Å². The summed E-state index contributed by atoms with van der Waals surface area (Å²) in [7, 11) is 3.48. The largest absolute Gasteiger partial charge is 0.489 e. The van der Waals surface area contributed by atoms with E-state index in [-0.39, 0.29) is 17.8 Å². The molecule has 0 bridgehead atoms. The zero-order valence-corrected chi connectivity index (χ0v) is 22.4. The summed E-state index contributed by atoms with van der Waals surface area (Å²) in [4.78, 5) is 15.8. The monoisotopic (exact) mass is 520 g/mol. The van der Waals surface area contributed by atoms with E-state index in [0.29, 0.717) is 6.61 Å². The number of likely N-dealkylation sites (N-methyl/N-ethyl adjacent to an activating group) is 1. The summed E-state index contributed by atoms with van der Waals surface area (Å²) in [5.41, 5.74) is 6.87. The fourth-order valence-electron chi connectivity index (χ4n) is 4.99. The maximum Gasteiger partial charge on any atom is 0.246 e. The van der Waals surface area contributed by atoms with Gasteiger partial charge in [0.1, 0.15) is 18.2 Å². The number of amides is 1. The Morgan fingerprint density at radius 1 is 0.949 bits per heavy atom. The number of anilines is 1. The van der Waals surface area contributed by atoms with Gasteiger partial charge in [-0.2, -0.15) is 0 Å². The molecule has 198 valence electrons. The van der Waals surface area contributed by atoms with Crippen LogP contribution in [0.3, 0.4) is 0 Å². The molecule has 0 fully saturated rings. The second kappa shape index (κ2) is 12.0. The highest BCUT2D eigenvalue weighted by Crippen LogP contribution is 2.37. The fraction of sp³-hybridized carbons (Fsp3) is 0.206. The first-order valence-electron chi connectivity index (χ1n) is 13.3. The summed E-state index contributed by atoms with van der Waals surface area (Å²) in [6, 6.07) is 31.8. The van der Waals surface area contributed by atoms with Gasteiger partial charge in [-0.15, -0.1) is 0 Å². The Morgan fingerprint density at radius 3 is 2.41 bits per heavy atom. The average Bonchev–Trinajstić information content (AvgIpc) is 2.96. The zero-order chi connectivity index (χ0) is 27.2. The summed E-state index contributed by atoms with van der Waals surface area (Å²) in [5, 5.41) is 0. The van der Waals surface area contributed by atoms with Crippen molar-refractivity contribution in [3.63, 3.8) is 0 Å². The van der Waals surface area contributed by atoms with Crippen LogP contribution >= 0.6 is 0 Å². The van der Waals surface area contributed by atoms with Crippen LogP contribution in [0.1, 0.15) is 33.9 Å². The lowest BCUT2D eigenvalue weighted by Gasteiger charge is -2.39. The van der Waals surface area contributed by atoms with E-state index in [1.165, 1.54) is 28.8 Å². The van der Waals surface area contributed by atoms with Crippen LogP contribution in [0.15, 0.2) is 103 Å². The minimum absolute atomic E-state index is 0.0417. The fourth-order valence-corrected chi connectivity index (χ4v) is 4.99. The van der Waals surface area contributed by atoms with Crippen LogP contribution < -0.4 is 9.64 Å². The first-order chi connectivity index (χ1) is 19.0. The van der Waals surface area contributed by atoms with Crippen LogP contribution in [0.2, 0.25) is 0 Å². The van der Waals surface area contributed by atoms with Gasteiger partial charge in [-0.25, -0.2) is 4.39 Å². The highest BCUT2D eigenvalue weighted by Gasteiger charge is 2.28. The molecule has 4 aromatic rings. The molecule has 5 rings (SSSR count). The maximum atomic E-state index is 13.7. The number of nitrogens with zero attached hydrogens (tertiary/aromatic N) is 2. The molecule has 1 atom stereocenters. The summed E-state index contributed by atoms with van der Waals surface area (Å²) >= 11 is 0. The summed E-state index contributed by atoms with van der Waals surface area (Å²) < 4.78 is 19.8. The SMILES string of the molecule is CN(C)C(=O)C=Cc1ccc(CC2c3ccc(OCc4ccccc4)cc3CCN2c2ccc(F)cc2)cc1. The Labute approximate surface area is 230 Å². The Kier molecular flexibility index (Phi) is 8.07. The minimum Gasteiger partial charge on any atom is -0.489 e. The van der Waals surface area contributed by atoms with Crippen LogP contribution in [-0.4, -0.2) is 31.4 Å². The predicted molar refractivity (Wildman–Crippen MR) is 155 cm³/mol. The molecule has 5 heteroatoms. The minimum atomic E-state index is -0.232. The van der Waals surface area contributed by atoms with Crippen LogP contribution in [0, 0.1) is 5.82 Å². The van der Waals surface area contributed by atoms with Crippen molar-refractivity contribution in [1.29, 1.82) is 0 Å². The van der Waals surface area contributed by atoms with E-state index in [9.17, 15) is 9.18 Å². The molecule has 0 spiro atoms. The van der Waals surface area contributed by atoms with Gasteiger partial charge in [0.15, 0.2) is 0 Å². The number of fused-ring (bicyclic) bond motifs is 1. The van der Waals surface area contributed by atoms with Crippen LogP contribution in [0.25, 0.3) is 6.08 Å². The van der Waals surface area contributed by atoms with Gasteiger partial charge >= 0.3 is 0 Å². The van der Waals surface area contributed by atoms with E-state index in [4.69, 9.17) is 4.74 Å². The zero-order valence-electron chi connectivity index (χ0n) is 22.4. The lowest BCUT2D eigenvalue weighted by molar-refractivity contribution is -0.123. The van der Waals surface area contributed by atoms with Gasteiger partial charge in [0, 0.05) is 32.4 Å². The van der Waals surface area contributed by atoms with Crippen molar-refractivity contribution < 1.29 is 13.9 Å². The molecule has 1 amide bonds. The van der Waals surface area contributed by atoms with E-state index in [1.807, 2.05) is 48.5 Å². The van der Waals surface area contributed by atoms with E-state index in [0.717, 1.165) is 42.0 Å². The second-order valence-corrected chi connectivity index (χ2v) is 10.1. The number of hydrogen-bond donors (Lipinski definition) is 0. The molecule has 0 N–H and O–H groups in total. The summed E-state index contributed by atoms with van der Waals surface area (Å²) in [6.45, 7) is 1.37. The van der Waals surface area contributed by atoms with Crippen LogP contribution in [0.5, 0.6) is 5.75 Å². The average molecular weight is 521 g/mol. The lowest BCUT2D eigenvalue weighted by atomic mass is 9.88. The second-order valence-electron chi connectivity index (χ2n) is 10.1. The summed E-state index contributed by atoms with van der Waals surface area (Å²) in [5.74, 6) is 0.597. The Bertz CT molecular complexity index is 1430. The molecule has 39 heavy (non-hydrogen) atoms. The lowest BCUT2D eigenvalue weighted by Crippen LogP contribution is -2.36. The third-order valence-corrected chi connectivity index (χ3v) is 7.15. The van der Waals surface area contributed by atoms with Gasteiger partial charge in [-0.3, -0.25) is 4.79 Å². The van der Waals surface area contributed by atoms with Crippen molar-refractivity contribution in [2.24, 2.45) is 0 Å². The third kappa shape index (κ3) is 6.55. The van der Waals surface area contributed by atoms with Gasteiger partial charge < -0.3 is 14.5 Å². The molecule has 1 aliphatic heterocycles. The van der Waals surface area contributed by atoms with Gasteiger partial charge in [0.25, 0.3) is 0 Å². The molecule has 0 radical (unpaired) electrons. The molecule has 0 saturated carbocycles. The van der Waals surface area contributed by atoms with Crippen molar-refractivity contribution in [2.75, 3.05) is 25.5 Å². The van der Waals surface area contributed by atoms with Crippen LogP contribution in [-0.2, 0) is 24.2 Å². The first kappa shape index (κ1) is 26.2. The van der Waals surface area contributed by atoms with Gasteiger partial charge in [0.2, 0.25) is 5.91 Å². The molecule has 1 aliphatic rings. The highest BCUT2D eigenvalue weighted by molar-refractivity contribution is 5.91. The normalized spacial score (nSPS) is 14.7. The van der Waals surface area contributed by atoms with Crippen molar-refractivity contribution in [1.82, 2.24) is 4.90 Å². The van der Waals surface area contributed by atoms with Crippen molar-refractivity contribution in [2.45, 2.75) is 25.5 Å². The number of hydrogen-bond acceptors (Lipinski definition) is 3. The van der Waals surface area contributed by atoms with Crippen LogP contribution in [0.4, 0.5) is 10.1 Å². The number of carbonyl (C=O) groups is 1. The molecule has 0 aromatic heterocycles. The standard InChI is InChI=1S/C34H33FN2O2/c1-36(2)34(38)19-12-25-8-10-26(11-9-25)22-33-32-18-17-31(39-24-27-6-4-3-5-7-27)23-28(32)20-21-37(33)30-15-13-29(35)14-16-30/h3-19,23,33H,20-22,24H2,1-2H3. The molecule has 4 aromatic carbocycles. The number of carbonyl (C=O) groups excluding carboxylic acids is 1. The Hall–Kier alpha value is -4.38. The van der Waals surface area contributed by atoms with Crippen molar-refractivity contribution in [3.05, 3.63) is 137 Å². The molecule has 1 heterocycles. The van der Waals surface area contributed by atoms with Crippen molar-refractivity contribution >= 4 is 17.7 Å². The van der Waals surface area contributed by atoms with E-state index < -0.39 is 0 Å². The van der Waals surface area contributed by atoms with E-state index >= 15 is 0 Å². The topological polar surface area (TPSA) is 32.8 Å². The van der Waals surface area contributed by atoms with Gasteiger partial charge in [-0.05, 0) is 83.1 Å². The maximum absolute atomic E-state index is 13.7. The summed E-state index contributed by atoms with van der Waals surface area (Å²) in [6.07, 6.45) is 5.11.